The van der Waals surface area contributed by atoms with Crippen LogP contribution in [0.5, 0.6) is 0 Å². The Balaban J connectivity index is 1.73. The van der Waals surface area contributed by atoms with E-state index in [1.807, 2.05) is 43.3 Å². The van der Waals surface area contributed by atoms with Crippen LogP contribution in [0, 0.1) is 6.92 Å². The van der Waals surface area contributed by atoms with Crippen molar-refractivity contribution in [2.75, 3.05) is 17.7 Å². The average molecular weight is 394 g/mol. The van der Waals surface area contributed by atoms with E-state index in [0.29, 0.717) is 5.69 Å². The number of benzene rings is 2. The first kappa shape index (κ1) is 17.6. The van der Waals surface area contributed by atoms with Crippen LogP contribution in [0.25, 0.3) is 0 Å². The number of amides is 1. The van der Waals surface area contributed by atoms with Crippen LogP contribution in [0.2, 0.25) is 0 Å². The molecular weight excluding hydrogens is 378 g/mol. The summed E-state index contributed by atoms with van der Waals surface area (Å²) in [4.78, 5) is 24.4. The van der Waals surface area contributed by atoms with Crippen molar-refractivity contribution >= 4 is 45.3 Å². The number of esters is 1. The molecule has 6 heteroatoms. The molecule has 1 amide bonds. The molecule has 0 bridgehead atoms. The first-order valence-corrected chi connectivity index (χ1v) is 8.72. The van der Waals surface area contributed by atoms with Gasteiger partial charge in [-0.05, 0) is 36.8 Å². The molecule has 0 spiro atoms. The minimum atomic E-state index is -0.418. The molecule has 0 heterocycles. The van der Waals surface area contributed by atoms with E-state index in [1.165, 1.54) is 11.8 Å². The molecule has 0 atom stereocenters. The molecule has 0 aliphatic rings. The van der Waals surface area contributed by atoms with E-state index in [-0.39, 0.29) is 18.3 Å². The smallest absolute Gasteiger partial charge is 0.316 e. The van der Waals surface area contributed by atoms with E-state index in [1.54, 1.807) is 12.1 Å². The van der Waals surface area contributed by atoms with Gasteiger partial charge >= 0.3 is 5.97 Å². The number of nitrogens with one attached hydrogen (secondary N) is 1. The highest BCUT2D eigenvalue weighted by molar-refractivity contribution is 9.10. The van der Waals surface area contributed by atoms with Gasteiger partial charge in [0, 0.05) is 15.1 Å². The molecule has 4 nitrogen and oxygen atoms in total. The Morgan fingerprint density at radius 1 is 1.17 bits per heavy atom. The average Bonchev–Trinajstić information content (AvgIpc) is 2.55. The Kier molecular flexibility index (Phi) is 6.67. The molecule has 1 N–H and O–H groups in total. The quantitative estimate of drug-likeness (QED) is 0.594. The van der Waals surface area contributed by atoms with Gasteiger partial charge in [-0.2, -0.15) is 0 Å². The topological polar surface area (TPSA) is 55.4 Å². The molecule has 2 rings (SSSR count). The molecule has 120 valence electrons. The summed E-state index contributed by atoms with van der Waals surface area (Å²) in [6.07, 6.45) is 0. The molecule has 0 unspecified atom stereocenters. The Morgan fingerprint density at radius 2 is 1.91 bits per heavy atom. The van der Waals surface area contributed by atoms with Crippen LogP contribution >= 0.6 is 27.7 Å². The maximum atomic E-state index is 11.8. The standard InChI is InChI=1S/C17H16BrNO3S/c1-12-7-8-13(9-15(12)18)19-16(20)10-22-17(21)11-23-14-5-3-2-4-6-14/h2-9H,10-11H2,1H3,(H,19,20). The zero-order valence-electron chi connectivity index (χ0n) is 12.5. The van der Waals surface area contributed by atoms with Crippen molar-refractivity contribution in [2.45, 2.75) is 11.8 Å². The van der Waals surface area contributed by atoms with Crippen molar-refractivity contribution in [1.82, 2.24) is 0 Å². The fourth-order valence-corrected chi connectivity index (χ4v) is 2.81. The number of carbonyl (C=O) groups excluding carboxylic acids is 2. The van der Waals surface area contributed by atoms with E-state index < -0.39 is 5.97 Å². The first-order valence-electron chi connectivity index (χ1n) is 6.94. The summed E-state index contributed by atoms with van der Waals surface area (Å²) in [7, 11) is 0. The number of ether oxygens (including phenoxy) is 1. The third-order valence-electron chi connectivity index (χ3n) is 2.92. The van der Waals surface area contributed by atoms with Crippen LogP contribution in [0.4, 0.5) is 5.69 Å². The molecule has 23 heavy (non-hydrogen) atoms. The van der Waals surface area contributed by atoms with E-state index >= 15 is 0 Å². The van der Waals surface area contributed by atoms with Gasteiger partial charge in [0.25, 0.3) is 5.91 Å². The van der Waals surface area contributed by atoms with Crippen molar-refractivity contribution in [3.05, 3.63) is 58.6 Å². The molecule has 0 saturated heterocycles. The van der Waals surface area contributed by atoms with Crippen LogP contribution in [0.3, 0.4) is 0 Å². The summed E-state index contributed by atoms with van der Waals surface area (Å²) >= 11 is 4.78. The number of halogens is 1. The summed E-state index contributed by atoms with van der Waals surface area (Å²) in [5, 5.41) is 2.69. The van der Waals surface area contributed by atoms with Gasteiger partial charge in [0.05, 0.1) is 5.75 Å². The van der Waals surface area contributed by atoms with Crippen molar-refractivity contribution < 1.29 is 14.3 Å². The van der Waals surface area contributed by atoms with Crippen molar-refractivity contribution in [2.24, 2.45) is 0 Å². The van der Waals surface area contributed by atoms with Gasteiger partial charge in [-0.25, -0.2) is 0 Å². The minimum Gasteiger partial charge on any atom is -0.455 e. The molecule has 2 aromatic carbocycles. The number of aryl methyl sites for hydroxylation is 1. The number of rotatable bonds is 6. The van der Waals surface area contributed by atoms with Crippen molar-refractivity contribution in [3.8, 4) is 0 Å². The Bertz CT molecular complexity index is 691. The monoisotopic (exact) mass is 393 g/mol. The highest BCUT2D eigenvalue weighted by Gasteiger charge is 2.09. The summed E-state index contributed by atoms with van der Waals surface area (Å²) in [6, 6.07) is 15.0. The summed E-state index contributed by atoms with van der Waals surface area (Å²) in [5.74, 6) is -0.606. The second-order valence-electron chi connectivity index (χ2n) is 4.77. The fraction of sp³-hybridized carbons (Fsp3) is 0.176. The Hall–Kier alpha value is -1.79. The SMILES string of the molecule is Cc1ccc(NC(=O)COC(=O)CSc2ccccc2)cc1Br. The van der Waals surface area contributed by atoms with Crippen molar-refractivity contribution in [3.63, 3.8) is 0 Å². The third-order valence-corrected chi connectivity index (χ3v) is 4.76. The molecular formula is C17H16BrNO3S. The summed E-state index contributed by atoms with van der Waals surface area (Å²) in [5.41, 5.74) is 1.73. The van der Waals surface area contributed by atoms with Crippen LogP contribution in [-0.2, 0) is 14.3 Å². The lowest BCUT2D eigenvalue weighted by Gasteiger charge is -2.08. The van der Waals surface area contributed by atoms with Gasteiger partial charge < -0.3 is 10.1 Å². The molecule has 0 saturated carbocycles. The predicted octanol–water partition coefficient (Wildman–Crippen LogP) is 4.03. The molecule has 0 aliphatic carbocycles. The molecule has 0 fully saturated rings. The van der Waals surface area contributed by atoms with Gasteiger partial charge in [0.2, 0.25) is 0 Å². The number of anilines is 1. The zero-order valence-corrected chi connectivity index (χ0v) is 14.9. The van der Waals surface area contributed by atoms with Gasteiger partial charge in [0.1, 0.15) is 0 Å². The lowest BCUT2D eigenvalue weighted by molar-refractivity contribution is -0.144. The van der Waals surface area contributed by atoms with E-state index in [2.05, 4.69) is 21.2 Å². The highest BCUT2D eigenvalue weighted by Crippen LogP contribution is 2.20. The van der Waals surface area contributed by atoms with E-state index in [9.17, 15) is 9.59 Å². The van der Waals surface area contributed by atoms with E-state index in [4.69, 9.17) is 4.74 Å². The highest BCUT2D eigenvalue weighted by atomic mass is 79.9. The molecule has 0 radical (unpaired) electrons. The van der Waals surface area contributed by atoms with Gasteiger partial charge in [-0.1, -0.05) is 40.2 Å². The van der Waals surface area contributed by atoms with Gasteiger partial charge in [-0.15, -0.1) is 11.8 Å². The summed E-state index contributed by atoms with van der Waals surface area (Å²) in [6.45, 7) is 1.67. The predicted molar refractivity (Wildman–Crippen MR) is 95.6 cm³/mol. The van der Waals surface area contributed by atoms with E-state index in [0.717, 1.165) is 14.9 Å². The lowest BCUT2D eigenvalue weighted by atomic mass is 10.2. The Labute approximate surface area is 147 Å². The largest absolute Gasteiger partial charge is 0.455 e. The normalized spacial score (nSPS) is 10.2. The maximum absolute atomic E-state index is 11.8. The van der Waals surface area contributed by atoms with Crippen LogP contribution in [-0.4, -0.2) is 24.2 Å². The second-order valence-corrected chi connectivity index (χ2v) is 6.68. The lowest BCUT2D eigenvalue weighted by Crippen LogP contribution is -2.21. The molecule has 2 aromatic rings. The molecule has 0 aliphatic heterocycles. The number of hydrogen-bond donors (Lipinski definition) is 1. The minimum absolute atomic E-state index is 0.174. The zero-order chi connectivity index (χ0) is 16.7. The van der Waals surface area contributed by atoms with Crippen LogP contribution in [0.1, 0.15) is 5.56 Å². The van der Waals surface area contributed by atoms with Crippen LogP contribution in [0.15, 0.2) is 57.9 Å². The second kappa shape index (κ2) is 8.74. The van der Waals surface area contributed by atoms with Gasteiger partial charge in [-0.3, -0.25) is 9.59 Å². The number of carbonyl (C=O) groups is 2. The van der Waals surface area contributed by atoms with Gasteiger partial charge in [0.15, 0.2) is 6.61 Å². The summed E-state index contributed by atoms with van der Waals surface area (Å²) < 4.78 is 5.88. The van der Waals surface area contributed by atoms with Crippen LogP contribution < -0.4 is 5.32 Å². The number of hydrogen-bond acceptors (Lipinski definition) is 4. The Morgan fingerprint density at radius 3 is 2.61 bits per heavy atom. The number of thioether (sulfide) groups is 1. The molecule has 0 aromatic heterocycles. The fourth-order valence-electron chi connectivity index (χ4n) is 1.71. The maximum Gasteiger partial charge on any atom is 0.316 e. The first-order chi connectivity index (χ1) is 11.0. The third kappa shape index (κ3) is 6.08. The van der Waals surface area contributed by atoms with Crippen molar-refractivity contribution in [1.29, 1.82) is 0 Å².